The van der Waals surface area contributed by atoms with Crippen LogP contribution in [-0.2, 0) is 9.53 Å². The Hall–Kier alpha value is -1.62. The van der Waals surface area contributed by atoms with Crippen LogP contribution in [0.5, 0.6) is 5.75 Å². The fraction of sp³-hybridized carbons (Fsp3) is 0.417. The molecule has 2 atom stereocenters. The number of hydrogen-bond acceptors (Lipinski definition) is 4. The number of halogens is 1. The Morgan fingerprint density at radius 3 is 2.47 bits per heavy atom. The average molecular weight is 241 g/mol. The van der Waals surface area contributed by atoms with Crippen LogP contribution >= 0.6 is 0 Å². The van der Waals surface area contributed by atoms with Gasteiger partial charge in [0.2, 0.25) is 0 Å². The third kappa shape index (κ3) is 3.71. The van der Waals surface area contributed by atoms with Crippen molar-refractivity contribution in [2.45, 2.75) is 19.2 Å². The van der Waals surface area contributed by atoms with Gasteiger partial charge in [0.1, 0.15) is 5.75 Å². The molecule has 0 heterocycles. The lowest BCUT2D eigenvalue weighted by molar-refractivity contribution is -0.157. The Kier molecular flexibility index (Phi) is 4.90. The predicted octanol–water partition coefficient (Wildman–Crippen LogP) is 1.60. The quantitative estimate of drug-likeness (QED) is 0.795. The molecule has 0 saturated heterocycles. The molecule has 5 heteroatoms. The molecule has 0 radical (unpaired) electrons. The number of carbonyl (C=O) groups excluding carboxylic acids is 1. The summed E-state index contributed by atoms with van der Waals surface area (Å²) in [6, 6.07) is 6.77. The fourth-order valence-corrected chi connectivity index (χ4v) is 1.27. The molecule has 0 aliphatic carbocycles. The van der Waals surface area contributed by atoms with Gasteiger partial charge in [-0.1, -0.05) is 19.1 Å². The molecule has 0 aliphatic rings. The number of ether oxygens (including phenoxy) is 2. The van der Waals surface area contributed by atoms with Gasteiger partial charge in [0.25, 0.3) is 0 Å². The Morgan fingerprint density at radius 1 is 1.41 bits per heavy atom. The first-order valence-corrected chi connectivity index (χ1v) is 5.27. The van der Waals surface area contributed by atoms with Gasteiger partial charge in [-0.2, -0.15) is 4.39 Å². The zero-order valence-corrected chi connectivity index (χ0v) is 9.85. The zero-order valence-electron chi connectivity index (χ0n) is 9.85. The molecule has 0 spiro atoms. The minimum Gasteiger partial charge on any atom is -0.464 e. The van der Waals surface area contributed by atoms with E-state index in [0.717, 1.165) is 12.7 Å². The number of rotatable bonds is 5. The first-order chi connectivity index (χ1) is 8.08. The molecule has 0 amide bonds. The van der Waals surface area contributed by atoms with Crippen molar-refractivity contribution in [1.82, 2.24) is 0 Å². The number of benzene rings is 1. The Morgan fingerprint density at radius 2 is 2.00 bits per heavy atom. The van der Waals surface area contributed by atoms with Crippen LogP contribution in [0.3, 0.4) is 0 Å². The summed E-state index contributed by atoms with van der Waals surface area (Å²) in [5.74, 6) is -0.550. The van der Waals surface area contributed by atoms with Crippen LogP contribution in [0.2, 0.25) is 0 Å². The van der Waals surface area contributed by atoms with Gasteiger partial charge in [-0.25, -0.2) is 4.79 Å². The van der Waals surface area contributed by atoms with E-state index >= 15 is 0 Å². The highest BCUT2D eigenvalue weighted by atomic mass is 19.1. The summed E-state index contributed by atoms with van der Waals surface area (Å²) < 4.78 is 22.1. The van der Waals surface area contributed by atoms with E-state index in [-0.39, 0.29) is 11.7 Å². The van der Waals surface area contributed by atoms with Crippen LogP contribution in [0.15, 0.2) is 24.3 Å². The summed E-state index contributed by atoms with van der Waals surface area (Å²) in [7, 11) is 1.10. The minimum absolute atomic E-state index is 0.228. The maximum absolute atomic E-state index is 13.1. The summed E-state index contributed by atoms with van der Waals surface area (Å²) in [6.45, 7) is 2.52. The zero-order chi connectivity index (χ0) is 12.8. The smallest absolute Gasteiger partial charge is 0.380 e. The number of nitrogens with two attached hydrogens (primary N) is 1. The average Bonchev–Trinajstić information content (AvgIpc) is 2.37. The highest BCUT2D eigenvalue weighted by molar-refractivity contribution is 5.73. The lowest BCUT2D eigenvalue weighted by atomic mass is 10.0. The molecule has 1 aromatic rings. The minimum atomic E-state index is -2.10. The third-order valence-electron chi connectivity index (χ3n) is 2.43. The van der Waals surface area contributed by atoms with Crippen LogP contribution in [0.4, 0.5) is 4.39 Å². The van der Waals surface area contributed by atoms with E-state index in [1.54, 1.807) is 24.3 Å². The highest BCUT2D eigenvalue weighted by Crippen LogP contribution is 2.19. The lowest BCUT2D eigenvalue weighted by Gasteiger charge is -2.12. The molecule has 2 unspecified atom stereocenters. The van der Waals surface area contributed by atoms with Crippen molar-refractivity contribution >= 4 is 5.97 Å². The van der Waals surface area contributed by atoms with Crippen molar-refractivity contribution in [1.29, 1.82) is 0 Å². The summed E-state index contributed by atoms with van der Waals surface area (Å²) in [6.07, 6.45) is -2.10. The van der Waals surface area contributed by atoms with Crippen molar-refractivity contribution in [3.8, 4) is 5.75 Å². The molecular weight excluding hydrogens is 225 g/mol. The number of alkyl halides is 1. The second kappa shape index (κ2) is 6.20. The molecule has 0 bridgehead atoms. The van der Waals surface area contributed by atoms with Crippen molar-refractivity contribution in [2.24, 2.45) is 5.73 Å². The van der Waals surface area contributed by atoms with Gasteiger partial charge in [-0.15, -0.1) is 0 Å². The van der Waals surface area contributed by atoms with E-state index in [1.165, 1.54) is 0 Å². The largest absolute Gasteiger partial charge is 0.464 e. The number of hydrogen-bond donors (Lipinski definition) is 1. The molecule has 4 nitrogen and oxygen atoms in total. The van der Waals surface area contributed by atoms with Gasteiger partial charge >= 0.3 is 12.3 Å². The van der Waals surface area contributed by atoms with Gasteiger partial charge in [-0.3, -0.25) is 0 Å². The Bertz CT molecular complexity index is 367. The molecule has 1 aromatic carbocycles. The third-order valence-corrected chi connectivity index (χ3v) is 2.43. The van der Waals surface area contributed by atoms with E-state index in [1.807, 2.05) is 6.92 Å². The van der Waals surface area contributed by atoms with Gasteiger partial charge in [0.05, 0.1) is 7.11 Å². The van der Waals surface area contributed by atoms with E-state index in [9.17, 15) is 9.18 Å². The van der Waals surface area contributed by atoms with E-state index in [0.29, 0.717) is 6.54 Å². The monoisotopic (exact) mass is 241 g/mol. The standard InChI is InChI=1S/C12H16FNO3/c1-8(7-14)9-3-5-10(6-4-9)17-11(13)12(15)16-2/h3-6,8,11H,7,14H2,1-2H3. The molecular formula is C12H16FNO3. The van der Waals surface area contributed by atoms with Crippen LogP contribution < -0.4 is 10.5 Å². The summed E-state index contributed by atoms with van der Waals surface area (Å²) in [4.78, 5) is 10.8. The van der Waals surface area contributed by atoms with Crippen LogP contribution in [-0.4, -0.2) is 26.0 Å². The van der Waals surface area contributed by atoms with E-state index in [2.05, 4.69) is 4.74 Å². The topological polar surface area (TPSA) is 61.5 Å². The molecule has 94 valence electrons. The van der Waals surface area contributed by atoms with Gasteiger partial charge in [0.15, 0.2) is 0 Å². The van der Waals surface area contributed by atoms with E-state index in [4.69, 9.17) is 10.5 Å². The molecule has 0 aromatic heterocycles. The molecule has 0 aliphatic heterocycles. The fourth-order valence-electron chi connectivity index (χ4n) is 1.27. The summed E-state index contributed by atoms with van der Waals surface area (Å²) in [5, 5.41) is 0. The van der Waals surface area contributed by atoms with Gasteiger partial charge in [-0.05, 0) is 30.2 Å². The number of methoxy groups -OCH3 is 1. The first kappa shape index (κ1) is 13.4. The van der Waals surface area contributed by atoms with Crippen molar-refractivity contribution in [3.05, 3.63) is 29.8 Å². The maximum Gasteiger partial charge on any atom is 0.380 e. The van der Waals surface area contributed by atoms with Gasteiger partial charge in [0, 0.05) is 0 Å². The number of esters is 1. The van der Waals surface area contributed by atoms with Crippen LogP contribution in [0.25, 0.3) is 0 Å². The normalized spacial score (nSPS) is 13.9. The van der Waals surface area contributed by atoms with Crippen LogP contribution in [0.1, 0.15) is 18.4 Å². The van der Waals surface area contributed by atoms with Crippen molar-refractivity contribution in [3.63, 3.8) is 0 Å². The SMILES string of the molecule is COC(=O)C(F)Oc1ccc(C(C)CN)cc1. The first-order valence-electron chi connectivity index (χ1n) is 5.27. The second-order valence-electron chi connectivity index (χ2n) is 3.66. The lowest BCUT2D eigenvalue weighted by Crippen LogP contribution is -2.23. The Balaban J connectivity index is 2.65. The molecule has 17 heavy (non-hydrogen) atoms. The van der Waals surface area contributed by atoms with Gasteiger partial charge < -0.3 is 15.2 Å². The van der Waals surface area contributed by atoms with Crippen molar-refractivity contribution < 1.29 is 18.7 Å². The summed E-state index contributed by atoms with van der Waals surface area (Å²) in [5.41, 5.74) is 6.56. The molecule has 1 rings (SSSR count). The molecule has 0 fully saturated rings. The van der Waals surface area contributed by atoms with Crippen molar-refractivity contribution in [2.75, 3.05) is 13.7 Å². The summed E-state index contributed by atoms with van der Waals surface area (Å²) >= 11 is 0. The highest BCUT2D eigenvalue weighted by Gasteiger charge is 2.19. The molecule has 0 saturated carbocycles. The Labute approximate surface area is 99.5 Å². The number of carbonyl (C=O) groups is 1. The van der Waals surface area contributed by atoms with Crippen LogP contribution in [0, 0.1) is 0 Å². The second-order valence-corrected chi connectivity index (χ2v) is 3.66. The molecule has 2 N–H and O–H groups in total. The van der Waals surface area contributed by atoms with E-state index < -0.39 is 12.3 Å². The maximum atomic E-state index is 13.1. The predicted molar refractivity (Wildman–Crippen MR) is 61.5 cm³/mol.